The summed E-state index contributed by atoms with van der Waals surface area (Å²) in [6, 6.07) is 6.96. The Morgan fingerprint density at radius 1 is 1.40 bits per heavy atom. The van der Waals surface area contributed by atoms with Gasteiger partial charge in [0.15, 0.2) is 9.84 Å². The van der Waals surface area contributed by atoms with Gasteiger partial charge in [-0.1, -0.05) is 23.7 Å². The van der Waals surface area contributed by atoms with Crippen LogP contribution in [0.3, 0.4) is 0 Å². The molecule has 1 atom stereocenters. The van der Waals surface area contributed by atoms with E-state index < -0.39 is 15.4 Å². The first-order valence-electron chi connectivity index (χ1n) is 6.30. The second kappa shape index (κ2) is 5.71. The van der Waals surface area contributed by atoms with Crippen LogP contribution in [-0.2, 0) is 14.6 Å². The van der Waals surface area contributed by atoms with Crippen molar-refractivity contribution in [1.29, 1.82) is 0 Å². The van der Waals surface area contributed by atoms with E-state index in [2.05, 4.69) is 10.6 Å². The molecule has 1 aliphatic heterocycles. The molecule has 0 bridgehead atoms. The van der Waals surface area contributed by atoms with Gasteiger partial charge in [-0.15, -0.1) is 0 Å². The third kappa shape index (κ3) is 3.94. The van der Waals surface area contributed by atoms with Crippen molar-refractivity contribution in [1.82, 2.24) is 5.32 Å². The predicted molar refractivity (Wildman–Crippen MR) is 79.8 cm³/mol. The Morgan fingerprint density at radius 3 is 2.70 bits per heavy atom. The van der Waals surface area contributed by atoms with Gasteiger partial charge in [0.05, 0.1) is 28.8 Å². The van der Waals surface area contributed by atoms with Gasteiger partial charge in [0.2, 0.25) is 5.91 Å². The van der Waals surface area contributed by atoms with Gasteiger partial charge < -0.3 is 10.6 Å². The predicted octanol–water partition coefficient (Wildman–Crippen LogP) is 1.45. The SMILES string of the molecule is CC1(NCC(=O)Nc2ccccc2Cl)CCS(=O)(=O)C1. The lowest BCUT2D eigenvalue weighted by atomic mass is 10.0. The van der Waals surface area contributed by atoms with Crippen LogP contribution in [0.15, 0.2) is 24.3 Å². The molecule has 1 fully saturated rings. The van der Waals surface area contributed by atoms with Crippen LogP contribution >= 0.6 is 11.6 Å². The molecule has 0 saturated carbocycles. The molecule has 20 heavy (non-hydrogen) atoms. The monoisotopic (exact) mass is 316 g/mol. The number of hydrogen-bond acceptors (Lipinski definition) is 4. The summed E-state index contributed by atoms with van der Waals surface area (Å²) in [4.78, 5) is 11.8. The Bertz CT molecular complexity index is 618. The summed E-state index contributed by atoms with van der Waals surface area (Å²) in [6.07, 6.45) is 0.523. The summed E-state index contributed by atoms with van der Waals surface area (Å²) in [6.45, 7) is 1.87. The van der Waals surface area contributed by atoms with E-state index in [0.29, 0.717) is 17.1 Å². The van der Waals surface area contributed by atoms with Crippen molar-refractivity contribution in [2.24, 2.45) is 0 Å². The van der Waals surface area contributed by atoms with Crippen LogP contribution in [-0.4, -0.2) is 37.9 Å². The third-order valence-electron chi connectivity index (χ3n) is 3.33. The van der Waals surface area contributed by atoms with E-state index in [1.54, 1.807) is 24.3 Å². The fourth-order valence-electron chi connectivity index (χ4n) is 2.20. The van der Waals surface area contributed by atoms with Crippen molar-refractivity contribution in [3.63, 3.8) is 0 Å². The molecule has 1 saturated heterocycles. The van der Waals surface area contributed by atoms with Crippen LogP contribution in [0.25, 0.3) is 0 Å². The molecule has 1 aromatic rings. The maximum absolute atomic E-state index is 11.8. The molecule has 1 aliphatic rings. The fourth-order valence-corrected chi connectivity index (χ4v) is 4.51. The zero-order valence-corrected chi connectivity index (χ0v) is 12.7. The number of hydrogen-bond donors (Lipinski definition) is 2. The number of carbonyl (C=O) groups is 1. The van der Waals surface area contributed by atoms with Gasteiger partial charge in [-0.25, -0.2) is 8.42 Å². The Morgan fingerprint density at radius 2 is 2.10 bits per heavy atom. The highest BCUT2D eigenvalue weighted by Gasteiger charge is 2.38. The molecule has 2 rings (SSSR count). The minimum Gasteiger partial charge on any atom is -0.324 e. The lowest BCUT2D eigenvalue weighted by Gasteiger charge is -2.23. The van der Waals surface area contributed by atoms with Crippen LogP contribution in [0, 0.1) is 0 Å². The molecule has 0 aromatic heterocycles. The van der Waals surface area contributed by atoms with Crippen molar-refractivity contribution in [3.8, 4) is 0 Å². The molecule has 5 nitrogen and oxygen atoms in total. The van der Waals surface area contributed by atoms with Crippen LogP contribution in [0.2, 0.25) is 5.02 Å². The second-order valence-corrected chi connectivity index (χ2v) is 7.88. The molecule has 0 radical (unpaired) electrons. The van der Waals surface area contributed by atoms with Crippen molar-refractivity contribution >= 4 is 33.0 Å². The summed E-state index contributed by atoms with van der Waals surface area (Å²) in [7, 11) is -2.98. The Kier molecular flexibility index (Phi) is 4.36. The number of amides is 1. The summed E-state index contributed by atoms with van der Waals surface area (Å²) >= 11 is 5.95. The number of halogens is 1. The molecule has 2 N–H and O–H groups in total. The Labute approximate surface area is 123 Å². The quantitative estimate of drug-likeness (QED) is 0.881. The van der Waals surface area contributed by atoms with Gasteiger partial charge in [-0.2, -0.15) is 0 Å². The first-order valence-corrected chi connectivity index (χ1v) is 8.49. The summed E-state index contributed by atoms with van der Waals surface area (Å²) in [5, 5.41) is 6.18. The topological polar surface area (TPSA) is 75.3 Å². The number of sulfone groups is 1. The number of nitrogens with one attached hydrogen (secondary N) is 2. The number of benzene rings is 1. The largest absolute Gasteiger partial charge is 0.324 e. The maximum Gasteiger partial charge on any atom is 0.238 e. The summed E-state index contributed by atoms with van der Waals surface area (Å²) in [5.74, 6) is -0.00854. The molecular weight excluding hydrogens is 300 g/mol. The second-order valence-electron chi connectivity index (χ2n) is 5.28. The van der Waals surface area contributed by atoms with Crippen molar-refractivity contribution < 1.29 is 13.2 Å². The minimum atomic E-state index is -2.98. The highest BCUT2D eigenvalue weighted by Crippen LogP contribution is 2.23. The van der Waals surface area contributed by atoms with Gasteiger partial charge in [0.25, 0.3) is 0 Å². The lowest BCUT2D eigenvalue weighted by Crippen LogP contribution is -2.46. The maximum atomic E-state index is 11.8. The fraction of sp³-hybridized carbons (Fsp3) is 0.462. The molecule has 7 heteroatoms. The third-order valence-corrected chi connectivity index (χ3v) is 5.56. The average Bonchev–Trinajstić information content (AvgIpc) is 2.65. The van der Waals surface area contributed by atoms with Crippen LogP contribution in [0.5, 0.6) is 0 Å². The van der Waals surface area contributed by atoms with Gasteiger partial charge >= 0.3 is 0 Å². The van der Waals surface area contributed by atoms with E-state index >= 15 is 0 Å². The number of para-hydroxylation sites is 1. The first-order chi connectivity index (χ1) is 9.30. The van der Waals surface area contributed by atoms with Gasteiger partial charge in [-0.05, 0) is 25.5 Å². The van der Waals surface area contributed by atoms with E-state index in [1.165, 1.54) is 0 Å². The van der Waals surface area contributed by atoms with Gasteiger partial charge in [0.1, 0.15) is 0 Å². The first kappa shape index (κ1) is 15.3. The zero-order chi connectivity index (χ0) is 14.8. The highest BCUT2D eigenvalue weighted by atomic mass is 35.5. The van der Waals surface area contributed by atoms with Crippen molar-refractivity contribution in [2.75, 3.05) is 23.4 Å². The molecular formula is C13H17ClN2O3S. The summed E-state index contributed by atoms with van der Waals surface area (Å²) in [5.41, 5.74) is 0.0154. The number of rotatable bonds is 4. The van der Waals surface area contributed by atoms with E-state index in [0.717, 1.165) is 0 Å². The average molecular weight is 317 g/mol. The normalized spacial score (nSPS) is 24.5. The van der Waals surface area contributed by atoms with E-state index in [9.17, 15) is 13.2 Å². The van der Waals surface area contributed by atoms with E-state index in [-0.39, 0.29) is 24.0 Å². The molecule has 0 spiro atoms. The Hall–Kier alpha value is -1.11. The standard InChI is InChI=1S/C13H17ClN2O3S/c1-13(6-7-20(18,19)9-13)15-8-12(17)16-11-5-3-2-4-10(11)14/h2-5,15H,6-9H2,1H3,(H,16,17). The molecule has 0 aliphatic carbocycles. The van der Waals surface area contributed by atoms with Crippen LogP contribution in [0.1, 0.15) is 13.3 Å². The zero-order valence-electron chi connectivity index (χ0n) is 11.1. The van der Waals surface area contributed by atoms with Crippen LogP contribution < -0.4 is 10.6 Å². The van der Waals surface area contributed by atoms with Crippen molar-refractivity contribution in [2.45, 2.75) is 18.9 Å². The molecule has 1 heterocycles. The smallest absolute Gasteiger partial charge is 0.238 e. The van der Waals surface area contributed by atoms with E-state index in [4.69, 9.17) is 11.6 Å². The Balaban J connectivity index is 1.89. The number of anilines is 1. The molecule has 1 amide bonds. The number of carbonyl (C=O) groups excluding carboxylic acids is 1. The lowest BCUT2D eigenvalue weighted by molar-refractivity contribution is -0.115. The molecule has 1 aromatic carbocycles. The van der Waals surface area contributed by atoms with Crippen molar-refractivity contribution in [3.05, 3.63) is 29.3 Å². The highest BCUT2D eigenvalue weighted by molar-refractivity contribution is 7.91. The summed E-state index contributed by atoms with van der Waals surface area (Å²) < 4.78 is 22.9. The molecule has 1 unspecified atom stereocenters. The van der Waals surface area contributed by atoms with Crippen LogP contribution in [0.4, 0.5) is 5.69 Å². The minimum absolute atomic E-state index is 0.0528. The van der Waals surface area contributed by atoms with Gasteiger partial charge in [-0.3, -0.25) is 4.79 Å². The van der Waals surface area contributed by atoms with E-state index in [1.807, 2.05) is 6.92 Å². The molecule has 110 valence electrons. The van der Waals surface area contributed by atoms with Gasteiger partial charge in [0, 0.05) is 5.54 Å².